The maximum absolute atomic E-state index is 13.3. The van der Waals surface area contributed by atoms with Crippen LogP contribution >= 0.6 is 0 Å². The molecule has 1 aliphatic rings. The molecule has 3 rings (SSSR count). The zero-order valence-electron chi connectivity index (χ0n) is 22.1. The molecule has 0 spiro atoms. The topological polar surface area (TPSA) is 32.8 Å². The number of piperazine rings is 1. The van der Waals surface area contributed by atoms with Crippen LogP contribution in [-0.2, 0) is 22.2 Å². The largest absolute Gasteiger partial charge is 0.483 e. The fourth-order valence-electron chi connectivity index (χ4n) is 4.68. The monoisotopic (exact) mass is 468 g/mol. The quantitative estimate of drug-likeness (QED) is 0.546. The van der Waals surface area contributed by atoms with Crippen LogP contribution in [0, 0.1) is 5.82 Å². The number of hydrogen-bond acceptors (Lipinski definition) is 3. The van der Waals surface area contributed by atoms with Crippen LogP contribution in [0.15, 0.2) is 42.5 Å². The number of carbonyl (C=O) groups is 1. The predicted molar refractivity (Wildman–Crippen MR) is 137 cm³/mol. The van der Waals surface area contributed by atoms with E-state index in [0.29, 0.717) is 6.54 Å². The molecule has 0 aliphatic carbocycles. The van der Waals surface area contributed by atoms with Crippen molar-refractivity contribution in [1.82, 2.24) is 9.80 Å². The first kappa shape index (κ1) is 26.2. The van der Waals surface area contributed by atoms with Crippen LogP contribution in [0.4, 0.5) is 4.39 Å². The summed E-state index contributed by atoms with van der Waals surface area (Å²) in [5.41, 5.74) is 3.15. The summed E-state index contributed by atoms with van der Waals surface area (Å²) >= 11 is 0. The van der Waals surface area contributed by atoms with Crippen LogP contribution in [-0.4, -0.2) is 47.5 Å². The molecule has 0 radical (unpaired) electrons. The Morgan fingerprint density at radius 3 is 2.00 bits per heavy atom. The van der Waals surface area contributed by atoms with E-state index in [1.807, 2.05) is 17.0 Å². The highest BCUT2D eigenvalue weighted by Crippen LogP contribution is 2.39. The van der Waals surface area contributed by atoms with Gasteiger partial charge in [-0.1, -0.05) is 71.9 Å². The van der Waals surface area contributed by atoms with E-state index in [0.717, 1.165) is 35.5 Å². The highest BCUT2D eigenvalue weighted by molar-refractivity contribution is 5.78. The fraction of sp³-hybridized carbons (Fsp3) is 0.552. The van der Waals surface area contributed by atoms with Crippen molar-refractivity contribution in [3.8, 4) is 5.75 Å². The minimum atomic E-state index is -0.219. The Kier molecular flexibility index (Phi) is 7.76. The summed E-state index contributed by atoms with van der Waals surface area (Å²) in [6.45, 7) is 19.5. The summed E-state index contributed by atoms with van der Waals surface area (Å²) in [4.78, 5) is 17.6. The normalized spacial score (nSPS) is 19.9. The second-order valence-electron chi connectivity index (χ2n) is 11.8. The first-order valence-corrected chi connectivity index (χ1v) is 12.3. The van der Waals surface area contributed by atoms with Crippen molar-refractivity contribution in [3.05, 3.63) is 65.0 Å². The third-order valence-corrected chi connectivity index (χ3v) is 6.71. The summed E-state index contributed by atoms with van der Waals surface area (Å²) in [5, 5.41) is 0. The van der Waals surface area contributed by atoms with Gasteiger partial charge in [-0.3, -0.25) is 9.69 Å². The zero-order valence-corrected chi connectivity index (χ0v) is 22.1. The van der Waals surface area contributed by atoms with E-state index in [2.05, 4.69) is 78.5 Å². The maximum atomic E-state index is 13.3. The summed E-state index contributed by atoms with van der Waals surface area (Å²) in [5.74, 6) is 0.638. The molecule has 2 atom stereocenters. The lowest BCUT2D eigenvalue weighted by atomic mass is 9.79. The Morgan fingerprint density at radius 2 is 1.47 bits per heavy atom. The number of carbonyl (C=O) groups excluding carboxylic acids is 1. The Morgan fingerprint density at radius 1 is 0.912 bits per heavy atom. The number of halogens is 1. The van der Waals surface area contributed by atoms with E-state index >= 15 is 0 Å². The first-order valence-electron chi connectivity index (χ1n) is 12.3. The van der Waals surface area contributed by atoms with Crippen LogP contribution in [0.3, 0.4) is 0 Å². The molecular formula is C29H41FN2O2. The average molecular weight is 469 g/mol. The minimum absolute atomic E-state index is 0.0179. The number of hydrogen-bond donors (Lipinski definition) is 0. The predicted octanol–water partition coefficient (Wildman–Crippen LogP) is 5.92. The number of rotatable bonds is 5. The van der Waals surface area contributed by atoms with Gasteiger partial charge in [0.25, 0.3) is 5.91 Å². The van der Waals surface area contributed by atoms with Crippen LogP contribution in [0.2, 0.25) is 0 Å². The molecule has 0 saturated carbocycles. The van der Waals surface area contributed by atoms with Crippen LogP contribution in [0.5, 0.6) is 5.75 Å². The number of ether oxygens (including phenoxy) is 1. The molecule has 34 heavy (non-hydrogen) atoms. The van der Waals surface area contributed by atoms with Crippen LogP contribution < -0.4 is 4.74 Å². The molecule has 1 fully saturated rings. The van der Waals surface area contributed by atoms with Gasteiger partial charge in [0.1, 0.15) is 11.6 Å². The Bertz CT molecular complexity index is 956. The lowest BCUT2D eigenvalue weighted by molar-refractivity contribution is -0.139. The number of nitrogens with zero attached hydrogens (tertiary/aromatic N) is 2. The zero-order chi connectivity index (χ0) is 25.3. The molecule has 2 aromatic rings. The number of amides is 1. The second kappa shape index (κ2) is 10.1. The molecule has 1 saturated heterocycles. The van der Waals surface area contributed by atoms with Crippen molar-refractivity contribution in [2.24, 2.45) is 0 Å². The summed E-state index contributed by atoms with van der Waals surface area (Å²) in [6.07, 6.45) is 0. The van der Waals surface area contributed by atoms with E-state index < -0.39 is 0 Å². The van der Waals surface area contributed by atoms with Gasteiger partial charge in [0.15, 0.2) is 6.61 Å². The Labute approximate surface area is 205 Å². The molecule has 4 nitrogen and oxygen atoms in total. The highest BCUT2D eigenvalue weighted by atomic mass is 19.1. The van der Waals surface area contributed by atoms with Gasteiger partial charge in [0.2, 0.25) is 0 Å². The molecule has 1 heterocycles. The second-order valence-corrected chi connectivity index (χ2v) is 11.8. The van der Waals surface area contributed by atoms with E-state index in [1.54, 1.807) is 0 Å². The summed E-state index contributed by atoms with van der Waals surface area (Å²) in [7, 11) is 0. The van der Waals surface area contributed by atoms with E-state index in [9.17, 15) is 9.18 Å². The molecule has 1 amide bonds. The van der Waals surface area contributed by atoms with E-state index in [1.165, 1.54) is 12.1 Å². The SMILES string of the molecule is CC1CN(C(=O)COc2c(C(C)(C)C)cccc2C(C)(C)C)C(C)CN1Cc1ccc(F)cc1. The van der Waals surface area contributed by atoms with Crippen molar-refractivity contribution in [2.45, 2.75) is 84.8 Å². The molecule has 0 N–H and O–H groups in total. The number of benzene rings is 2. The van der Waals surface area contributed by atoms with Crippen LogP contribution in [0.1, 0.15) is 72.1 Å². The van der Waals surface area contributed by atoms with Crippen molar-refractivity contribution in [1.29, 1.82) is 0 Å². The molecule has 1 aliphatic heterocycles. The van der Waals surface area contributed by atoms with Gasteiger partial charge in [-0.2, -0.15) is 0 Å². The van der Waals surface area contributed by atoms with Gasteiger partial charge >= 0.3 is 0 Å². The van der Waals surface area contributed by atoms with Crippen molar-refractivity contribution < 1.29 is 13.9 Å². The van der Waals surface area contributed by atoms with Crippen molar-refractivity contribution >= 4 is 5.91 Å². The Balaban J connectivity index is 1.71. The highest BCUT2D eigenvalue weighted by Gasteiger charge is 2.33. The molecule has 0 bridgehead atoms. The van der Waals surface area contributed by atoms with Gasteiger partial charge in [-0.25, -0.2) is 4.39 Å². The first-order chi connectivity index (χ1) is 15.8. The standard InChI is InChI=1S/C29H41FN2O2/c1-20-17-32(21(2)16-31(20)18-22-12-14-23(30)15-13-22)26(33)19-34-27-24(28(3,4)5)10-9-11-25(27)29(6,7)8/h9-15,20-21H,16-19H2,1-8H3. The van der Waals surface area contributed by atoms with Crippen molar-refractivity contribution in [3.63, 3.8) is 0 Å². The van der Waals surface area contributed by atoms with Crippen molar-refractivity contribution in [2.75, 3.05) is 19.7 Å². The maximum Gasteiger partial charge on any atom is 0.260 e. The molecule has 0 aromatic heterocycles. The van der Waals surface area contributed by atoms with Gasteiger partial charge in [-0.15, -0.1) is 0 Å². The van der Waals surface area contributed by atoms with E-state index in [-0.39, 0.29) is 41.2 Å². The third-order valence-electron chi connectivity index (χ3n) is 6.71. The smallest absolute Gasteiger partial charge is 0.260 e. The third kappa shape index (κ3) is 6.18. The van der Waals surface area contributed by atoms with Gasteiger partial charge in [0.05, 0.1) is 0 Å². The summed E-state index contributed by atoms with van der Waals surface area (Å²) in [6, 6.07) is 13.2. The molecule has 5 heteroatoms. The van der Waals surface area contributed by atoms with Gasteiger partial charge in [-0.05, 0) is 53.5 Å². The van der Waals surface area contributed by atoms with E-state index in [4.69, 9.17) is 4.74 Å². The molecule has 186 valence electrons. The Hall–Kier alpha value is -2.40. The minimum Gasteiger partial charge on any atom is -0.483 e. The van der Waals surface area contributed by atoms with Gasteiger partial charge < -0.3 is 9.64 Å². The lowest BCUT2D eigenvalue weighted by Gasteiger charge is -2.44. The van der Waals surface area contributed by atoms with Crippen LogP contribution in [0.25, 0.3) is 0 Å². The summed E-state index contributed by atoms with van der Waals surface area (Å²) < 4.78 is 19.6. The lowest BCUT2D eigenvalue weighted by Crippen LogP contribution is -2.58. The molecule has 2 unspecified atom stereocenters. The number of para-hydroxylation sites is 1. The average Bonchev–Trinajstić information content (AvgIpc) is 2.74. The fourth-order valence-corrected chi connectivity index (χ4v) is 4.68. The van der Waals surface area contributed by atoms with Gasteiger partial charge in [0, 0.05) is 31.7 Å². The molecule has 2 aromatic carbocycles. The molecular weight excluding hydrogens is 427 g/mol.